The summed E-state index contributed by atoms with van der Waals surface area (Å²) in [4.78, 5) is 2.25. The van der Waals surface area contributed by atoms with E-state index in [0.29, 0.717) is 17.4 Å². The Morgan fingerprint density at radius 1 is 1.17 bits per heavy atom. The lowest BCUT2D eigenvalue weighted by Gasteiger charge is -2.27. The van der Waals surface area contributed by atoms with Crippen LogP contribution in [0.25, 0.3) is 0 Å². The van der Waals surface area contributed by atoms with Crippen molar-refractivity contribution in [3.8, 4) is 11.5 Å². The molecule has 4 nitrogen and oxygen atoms in total. The maximum Gasteiger partial charge on any atom is 0.162 e. The van der Waals surface area contributed by atoms with E-state index < -0.39 is 0 Å². The molecule has 2 N–H and O–H groups in total. The molecular formula is C14H24N2O2. The van der Waals surface area contributed by atoms with Crippen molar-refractivity contribution < 1.29 is 9.47 Å². The van der Waals surface area contributed by atoms with Crippen LogP contribution in [0.4, 0.5) is 11.4 Å². The number of rotatable bonds is 6. The molecule has 0 atom stereocenters. The van der Waals surface area contributed by atoms with E-state index in [1.165, 1.54) is 0 Å². The molecule has 0 aliphatic carbocycles. The van der Waals surface area contributed by atoms with Gasteiger partial charge in [-0.25, -0.2) is 0 Å². The minimum atomic E-state index is 0.581. The summed E-state index contributed by atoms with van der Waals surface area (Å²) in [5.41, 5.74) is 7.82. The molecule has 0 spiro atoms. The smallest absolute Gasteiger partial charge is 0.162 e. The predicted molar refractivity (Wildman–Crippen MR) is 76.7 cm³/mol. The van der Waals surface area contributed by atoms with Crippen LogP contribution in [0, 0.1) is 5.92 Å². The average molecular weight is 252 g/mol. The summed E-state index contributed by atoms with van der Waals surface area (Å²) < 4.78 is 10.6. The van der Waals surface area contributed by atoms with Crippen molar-refractivity contribution >= 4 is 11.4 Å². The van der Waals surface area contributed by atoms with E-state index >= 15 is 0 Å². The second kappa shape index (κ2) is 6.38. The van der Waals surface area contributed by atoms with Gasteiger partial charge in [0.1, 0.15) is 0 Å². The number of methoxy groups -OCH3 is 2. The van der Waals surface area contributed by atoms with Crippen LogP contribution >= 0.6 is 0 Å². The van der Waals surface area contributed by atoms with Crippen molar-refractivity contribution in [2.24, 2.45) is 5.92 Å². The van der Waals surface area contributed by atoms with Gasteiger partial charge < -0.3 is 20.1 Å². The molecular weight excluding hydrogens is 228 g/mol. The predicted octanol–water partition coefficient (Wildman–Crippen LogP) is 2.77. The monoisotopic (exact) mass is 252 g/mol. The summed E-state index contributed by atoms with van der Waals surface area (Å²) in [7, 11) is 3.25. The molecule has 1 aromatic rings. The molecule has 0 aliphatic heterocycles. The summed E-state index contributed by atoms with van der Waals surface area (Å²) in [6.07, 6.45) is 0. The number of nitrogen functional groups attached to an aromatic ring is 1. The Morgan fingerprint density at radius 2 is 1.72 bits per heavy atom. The molecule has 0 saturated carbocycles. The Balaban J connectivity index is 3.14. The molecule has 0 unspecified atom stereocenters. The maximum atomic E-state index is 6.10. The Kier molecular flexibility index (Phi) is 5.13. The highest BCUT2D eigenvalue weighted by Gasteiger charge is 2.14. The summed E-state index contributed by atoms with van der Waals surface area (Å²) in [5, 5.41) is 0. The fourth-order valence-corrected chi connectivity index (χ4v) is 2.00. The minimum Gasteiger partial charge on any atom is -0.493 e. The van der Waals surface area contributed by atoms with Crippen LogP contribution in [-0.2, 0) is 0 Å². The van der Waals surface area contributed by atoms with Crippen LogP contribution in [0.5, 0.6) is 11.5 Å². The van der Waals surface area contributed by atoms with E-state index in [1.807, 2.05) is 12.1 Å². The second-order valence-electron chi connectivity index (χ2n) is 4.70. The van der Waals surface area contributed by atoms with Gasteiger partial charge in [0.05, 0.1) is 25.6 Å². The molecule has 0 heterocycles. The zero-order valence-corrected chi connectivity index (χ0v) is 12.0. The summed E-state index contributed by atoms with van der Waals surface area (Å²) >= 11 is 0. The molecule has 1 rings (SSSR count). The van der Waals surface area contributed by atoms with E-state index in [1.54, 1.807) is 14.2 Å². The lowest BCUT2D eigenvalue weighted by Crippen LogP contribution is -2.28. The van der Waals surface area contributed by atoms with Crippen molar-refractivity contribution in [2.45, 2.75) is 20.8 Å². The molecule has 0 bridgehead atoms. The molecule has 18 heavy (non-hydrogen) atoms. The SMILES string of the molecule is CCN(CC(C)C)c1cc(OC)c(OC)cc1N. The zero-order valence-electron chi connectivity index (χ0n) is 12.0. The lowest BCUT2D eigenvalue weighted by molar-refractivity contribution is 0.355. The van der Waals surface area contributed by atoms with Gasteiger partial charge in [0, 0.05) is 25.2 Å². The Bertz CT molecular complexity index is 392. The van der Waals surface area contributed by atoms with E-state index in [9.17, 15) is 0 Å². The number of hydrogen-bond donors (Lipinski definition) is 1. The van der Waals surface area contributed by atoms with E-state index in [0.717, 1.165) is 24.5 Å². The van der Waals surface area contributed by atoms with Gasteiger partial charge in [0.25, 0.3) is 0 Å². The number of anilines is 2. The summed E-state index contributed by atoms with van der Waals surface area (Å²) in [5.74, 6) is 1.96. The van der Waals surface area contributed by atoms with Gasteiger partial charge in [-0.3, -0.25) is 0 Å². The largest absolute Gasteiger partial charge is 0.493 e. The normalized spacial score (nSPS) is 10.6. The second-order valence-corrected chi connectivity index (χ2v) is 4.70. The Morgan fingerprint density at radius 3 is 2.17 bits per heavy atom. The first-order chi connectivity index (χ1) is 8.53. The van der Waals surface area contributed by atoms with Crippen LogP contribution in [0.2, 0.25) is 0 Å². The third-order valence-electron chi connectivity index (χ3n) is 2.84. The third-order valence-corrected chi connectivity index (χ3v) is 2.84. The first-order valence-electron chi connectivity index (χ1n) is 6.29. The quantitative estimate of drug-likeness (QED) is 0.791. The van der Waals surface area contributed by atoms with Gasteiger partial charge in [-0.1, -0.05) is 13.8 Å². The van der Waals surface area contributed by atoms with E-state index in [4.69, 9.17) is 15.2 Å². The van der Waals surface area contributed by atoms with Gasteiger partial charge in [0.2, 0.25) is 0 Å². The van der Waals surface area contributed by atoms with Crippen LogP contribution < -0.4 is 20.1 Å². The maximum absolute atomic E-state index is 6.10. The molecule has 102 valence electrons. The summed E-state index contributed by atoms with van der Waals surface area (Å²) in [6, 6.07) is 3.76. The Labute approximate surface area is 110 Å². The van der Waals surface area contributed by atoms with Gasteiger partial charge in [-0.15, -0.1) is 0 Å². The van der Waals surface area contributed by atoms with Crippen molar-refractivity contribution in [3.63, 3.8) is 0 Å². The third kappa shape index (κ3) is 3.22. The topological polar surface area (TPSA) is 47.7 Å². The van der Waals surface area contributed by atoms with Crippen molar-refractivity contribution in [1.29, 1.82) is 0 Å². The van der Waals surface area contributed by atoms with E-state index in [2.05, 4.69) is 25.7 Å². The number of hydrogen-bond acceptors (Lipinski definition) is 4. The highest BCUT2D eigenvalue weighted by atomic mass is 16.5. The molecule has 0 saturated heterocycles. The molecule has 0 fully saturated rings. The number of nitrogens with two attached hydrogens (primary N) is 1. The molecule has 0 radical (unpaired) electrons. The van der Waals surface area contributed by atoms with Crippen molar-refractivity contribution in [2.75, 3.05) is 37.9 Å². The molecule has 0 amide bonds. The first kappa shape index (κ1) is 14.5. The van der Waals surface area contributed by atoms with Gasteiger partial charge >= 0.3 is 0 Å². The zero-order chi connectivity index (χ0) is 13.7. The fourth-order valence-electron chi connectivity index (χ4n) is 2.00. The van der Waals surface area contributed by atoms with Crippen molar-refractivity contribution in [1.82, 2.24) is 0 Å². The highest BCUT2D eigenvalue weighted by Crippen LogP contribution is 2.36. The van der Waals surface area contributed by atoms with Crippen LogP contribution in [0.15, 0.2) is 12.1 Å². The number of nitrogens with zero attached hydrogens (tertiary/aromatic N) is 1. The number of benzene rings is 1. The van der Waals surface area contributed by atoms with Crippen LogP contribution in [0.3, 0.4) is 0 Å². The first-order valence-corrected chi connectivity index (χ1v) is 6.29. The standard InChI is InChI=1S/C14H24N2O2/c1-6-16(9-10(2)3)12-8-14(18-5)13(17-4)7-11(12)15/h7-8,10H,6,9,15H2,1-5H3. The summed E-state index contributed by atoms with van der Waals surface area (Å²) in [6.45, 7) is 8.39. The molecule has 4 heteroatoms. The average Bonchev–Trinajstić information content (AvgIpc) is 2.35. The van der Waals surface area contributed by atoms with Crippen LogP contribution in [-0.4, -0.2) is 27.3 Å². The molecule has 0 aliphatic rings. The highest BCUT2D eigenvalue weighted by molar-refractivity contribution is 5.73. The van der Waals surface area contributed by atoms with Crippen LogP contribution in [0.1, 0.15) is 20.8 Å². The Hall–Kier alpha value is -1.58. The van der Waals surface area contributed by atoms with Gasteiger partial charge in [-0.05, 0) is 12.8 Å². The van der Waals surface area contributed by atoms with Gasteiger partial charge in [0.15, 0.2) is 11.5 Å². The fraction of sp³-hybridized carbons (Fsp3) is 0.571. The number of ether oxygens (including phenoxy) is 2. The lowest BCUT2D eigenvalue weighted by atomic mass is 10.1. The van der Waals surface area contributed by atoms with Crippen molar-refractivity contribution in [3.05, 3.63) is 12.1 Å². The van der Waals surface area contributed by atoms with E-state index in [-0.39, 0.29) is 0 Å². The molecule has 1 aromatic carbocycles. The molecule has 0 aromatic heterocycles. The minimum absolute atomic E-state index is 0.581. The van der Waals surface area contributed by atoms with Gasteiger partial charge in [-0.2, -0.15) is 0 Å².